The van der Waals surface area contributed by atoms with Crippen molar-refractivity contribution >= 4 is 11.9 Å². The Bertz CT molecular complexity index is 476. The second kappa shape index (κ2) is 6.03. The molecular weight excluding hydrogens is 269 g/mol. The summed E-state index contributed by atoms with van der Waals surface area (Å²) in [5.74, 6) is -2.24. The number of hydrogen-bond acceptors (Lipinski definition) is 4. The predicted octanol–water partition coefficient (Wildman–Crippen LogP) is 0.837. The van der Waals surface area contributed by atoms with Crippen molar-refractivity contribution in [2.45, 2.75) is 6.18 Å². The number of carbonyl (C=O) groups excluding carboxylic acids is 1. The van der Waals surface area contributed by atoms with E-state index in [1.807, 2.05) is 0 Å². The number of nitrogens with zero attached hydrogens (tertiary/aromatic N) is 1. The van der Waals surface area contributed by atoms with Crippen LogP contribution in [-0.4, -0.2) is 41.3 Å². The Labute approximate surface area is 105 Å². The van der Waals surface area contributed by atoms with E-state index < -0.39 is 31.2 Å². The van der Waals surface area contributed by atoms with Crippen LogP contribution in [0.2, 0.25) is 0 Å². The van der Waals surface area contributed by atoms with E-state index in [2.05, 4.69) is 4.98 Å². The molecular formula is C10H9F3N2O4. The molecule has 0 aliphatic heterocycles. The third-order valence-corrected chi connectivity index (χ3v) is 1.82. The van der Waals surface area contributed by atoms with Gasteiger partial charge in [0, 0.05) is 6.20 Å². The van der Waals surface area contributed by atoms with Gasteiger partial charge in [0.05, 0.1) is 11.8 Å². The second-order valence-electron chi connectivity index (χ2n) is 3.40. The van der Waals surface area contributed by atoms with E-state index in [1.165, 1.54) is 0 Å². The number of halogens is 3. The summed E-state index contributed by atoms with van der Waals surface area (Å²) < 4.78 is 40.2. The summed E-state index contributed by atoms with van der Waals surface area (Å²) in [6.07, 6.45) is -2.29. The van der Waals surface area contributed by atoms with Crippen molar-refractivity contribution in [2.24, 2.45) is 0 Å². The summed E-state index contributed by atoms with van der Waals surface area (Å²) in [5.41, 5.74) is -0.159. The normalized spacial score (nSPS) is 10.9. The molecule has 0 bridgehead atoms. The molecule has 1 heterocycles. The van der Waals surface area contributed by atoms with Crippen molar-refractivity contribution < 1.29 is 32.6 Å². The van der Waals surface area contributed by atoms with Crippen LogP contribution < -0.4 is 10.1 Å². The van der Waals surface area contributed by atoms with Gasteiger partial charge in [-0.05, 0) is 6.07 Å². The number of carbonyl (C=O) groups is 2. The van der Waals surface area contributed by atoms with E-state index in [-0.39, 0.29) is 11.3 Å². The molecule has 0 spiro atoms. The van der Waals surface area contributed by atoms with Crippen LogP contribution in [0.1, 0.15) is 10.4 Å². The Morgan fingerprint density at radius 3 is 2.63 bits per heavy atom. The van der Waals surface area contributed by atoms with Crippen LogP contribution in [0.3, 0.4) is 0 Å². The Hall–Kier alpha value is -2.32. The van der Waals surface area contributed by atoms with E-state index in [1.54, 1.807) is 5.32 Å². The lowest BCUT2D eigenvalue weighted by Gasteiger charge is -2.09. The molecule has 0 aliphatic rings. The van der Waals surface area contributed by atoms with Gasteiger partial charge in [-0.25, -0.2) is 4.79 Å². The highest BCUT2D eigenvalue weighted by molar-refractivity contribution is 5.87. The van der Waals surface area contributed by atoms with Gasteiger partial charge in [0.1, 0.15) is 12.3 Å². The number of carboxylic acids is 1. The number of alkyl halides is 3. The predicted molar refractivity (Wildman–Crippen MR) is 55.8 cm³/mol. The molecule has 9 heteroatoms. The molecule has 0 aliphatic carbocycles. The molecule has 1 amide bonds. The van der Waals surface area contributed by atoms with Crippen molar-refractivity contribution in [1.29, 1.82) is 0 Å². The highest BCUT2D eigenvalue weighted by Gasteiger charge is 2.27. The van der Waals surface area contributed by atoms with Crippen LogP contribution in [0.5, 0.6) is 5.75 Å². The highest BCUT2D eigenvalue weighted by atomic mass is 19.4. The molecule has 1 aromatic heterocycles. The number of rotatable bonds is 5. The lowest BCUT2D eigenvalue weighted by atomic mass is 10.3. The molecule has 1 aromatic rings. The van der Waals surface area contributed by atoms with Gasteiger partial charge in [-0.1, -0.05) is 0 Å². The molecule has 104 valence electrons. The van der Waals surface area contributed by atoms with E-state index in [9.17, 15) is 22.8 Å². The minimum atomic E-state index is -4.50. The molecule has 6 nitrogen and oxygen atoms in total. The van der Waals surface area contributed by atoms with Crippen molar-refractivity contribution in [3.63, 3.8) is 0 Å². The molecule has 0 aromatic carbocycles. The third-order valence-electron chi connectivity index (χ3n) is 1.82. The SMILES string of the molecule is O=C(COc1cncc(C(=O)O)c1)NCC(F)(F)F. The van der Waals surface area contributed by atoms with Gasteiger partial charge >= 0.3 is 12.1 Å². The lowest BCUT2D eigenvalue weighted by molar-refractivity contribution is -0.139. The van der Waals surface area contributed by atoms with Crippen LogP contribution in [0, 0.1) is 0 Å². The number of ether oxygens (including phenoxy) is 1. The molecule has 0 unspecified atom stereocenters. The van der Waals surface area contributed by atoms with E-state index in [0.717, 1.165) is 18.5 Å². The molecule has 19 heavy (non-hydrogen) atoms. The maximum atomic E-state index is 11.8. The summed E-state index contributed by atoms with van der Waals surface area (Å²) in [4.78, 5) is 25.2. The maximum Gasteiger partial charge on any atom is 0.405 e. The number of pyridine rings is 1. The Morgan fingerprint density at radius 1 is 1.37 bits per heavy atom. The molecule has 0 saturated heterocycles. The van der Waals surface area contributed by atoms with E-state index in [0.29, 0.717) is 0 Å². The van der Waals surface area contributed by atoms with Gasteiger partial charge in [0.15, 0.2) is 6.61 Å². The minimum Gasteiger partial charge on any atom is -0.482 e. The quantitative estimate of drug-likeness (QED) is 0.833. The number of carboxylic acid groups (broad SMARTS) is 1. The zero-order chi connectivity index (χ0) is 14.5. The molecule has 1 rings (SSSR count). The van der Waals surface area contributed by atoms with Gasteiger partial charge < -0.3 is 15.2 Å². The van der Waals surface area contributed by atoms with Crippen LogP contribution in [0.25, 0.3) is 0 Å². The average Bonchev–Trinajstić information content (AvgIpc) is 2.33. The zero-order valence-electron chi connectivity index (χ0n) is 9.40. The average molecular weight is 278 g/mol. The zero-order valence-corrected chi connectivity index (χ0v) is 9.40. The van der Waals surface area contributed by atoms with Gasteiger partial charge in [-0.15, -0.1) is 0 Å². The van der Waals surface area contributed by atoms with Crippen molar-refractivity contribution in [2.75, 3.05) is 13.2 Å². The van der Waals surface area contributed by atoms with E-state index in [4.69, 9.17) is 9.84 Å². The molecule has 0 fully saturated rings. The Balaban J connectivity index is 2.46. The first kappa shape index (κ1) is 14.7. The van der Waals surface area contributed by atoms with Crippen LogP contribution in [0.4, 0.5) is 13.2 Å². The first-order chi connectivity index (χ1) is 8.78. The summed E-state index contributed by atoms with van der Waals surface area (Å²) in [5, 5.41) is 10.3. The number of hydrogen-bond donors (Lipinski definition) is 2. The Kier molecular flexibility index (Phi) is 4.67. The van der Waals surface area contributed by atoms with Gasteiger partial charge in [0.25, 0.3) is 5.91 Å². The maximum absolute atomic E-state index is 11.8. The topological polar surface area (TPSA) is 88.5 Å². The van der Waals surface area contributed by atoms with Gasteiger partial charge in [0.2, 0.25) is 0 Å². The van der Waals surface area contributed by atoms with Crippen LogP contribution in [0.15, 0.2) is 18.5 Å². The highest BCUT2D eigenvalue weighted by Crippen LogP contribution is 2.13. The summed E-state index contributed by atoms with van der Waals surface area (Å²) in [6, 6.07) is 1.10. The molecule has 0 saturated carbocycles. The van der Waals surface area contributed by atoms with Gasteiger partial charge in [-0.3, -0.25) is 9.78 Å². The lowest BCUT2D eigenvalue weighted by Crippen LogP contribution is -2.36. The number of aromatic nitrogens is 1. The largest absolute Gasteiger partial charge is 0.482 e. The van der Waals surface area contributed by atoms with Crippen molar-refractivity contribution in [1.82, 2.24) is 10.3 Å². The fourth-order valence-electron chi connectivity index (χ4n) is 1.01. The molecule has 0 atom stereocenters. The Morgan fingerprint density at radius 2 is 2.05 bits per heavy atom. The second-order valence-corrected chi connectivity index (χ2v) is 3.40. The minimum absolute atomic E-state index is 0.0259. The van der Waals surface area contributed by atoms with Crippen LogP contribution in [-0.2, 0) is 4.79 Å². The number of nitrogens with one attached hydrogen (secondary N) is 1. The monoisotopic (exact) mass is 278 g/mol. The number of amides is 1. The van der Waals surface area contributed by atoms with Crippen LogP contribution >= 0.6 is 0 Å². The fraction of sp³-hybridized carbons (Fsp3) is 0.300. The smallest absolute Gasteiger partial charge is 0.405 e. The van der Waals surface area contributed by atoms with Gasteiger partial charge in [-0.2, -0.15) is 13.2 Å². The summed E-state index contributed by atoms with van der Waals surface area (Å²) >= 11 is 0. The third kappa shape index (κ3) is 5.70. The molecule has 2 N–H and O–H groups in total. The fourth-order valence-corrected chi connectivity index (χ4v) is 1.01. The standard InChI is InChI=1S/C10H9F3N2O4/c11-10(12,13)5-15-8(16)4-19-7-1-6(9(17)18)2-14-3-7/h1-3H,4-5H2,(H,15,16)(H,17,18). The first-order valence-corrected chi connectivity index (χ1v) is 4.92. The van der Waals surface area contributed by atoms with Crippen molar-refractivity contribution in [3.8, 4) is 5.75 Å². The molecule has 0 radical (unpaired) electrons. The van der Waals surface area contributed by atoms with E-state index >= 15 is 0 Å². The summed E-state index contributed by atoms with van der Waals surface area (Å²) in [7, 11) is 0. The van der Waals surface area contributed by atoms with Crippen molar-refractivity contribution in [3.05, 3.63) is 24.0 Å². The summed E-state index contributed by atoms with van der Waals surface area (Å²) in [6.45, 7) is -2.12. The first-order valence-electron chi connectivity index (χ1n) is 4.92. The number of aromatic carboxylic acids is 1.